The number of nitrogens with zero attached hydrogens (tertiary/aromatic N) is 1. The van der Waals surface area contributed by atoms with Crippen molar-refractivity contribution in [3.63, 3.8) is 0 Å². The summed E-state index contributed by atoms with van der Waals surface area (Å²) in [6.07, 6.45) is 1.01. The molecule has 0 aromatic heterocycles. The SMILES string of the molecule is CCOC(=O)c1cccc(NCCCN(C)C)c1N. The van der Waals surface area contributed by atoms with Gasteiger partial charge in [-0.2, -0.15) is 0 Å². The molecular formula is C14H23N3O2. The molecule has 0 amide bonds. The van der Waals surface area contributed by atoms with Crippen LogP contribution in [0.4, 0.5) is 11.4 Å². The van der Waals surface area contributed by atoms with Crippen LogP contribution in [0.5, 0.6) is 0 Å². The van der Waals surface area contributed by atoms with Crippen molar-refractivity contribution in [1.82, 2.24) is 4.90 Å². The van der Waals surface area contributed by atoms with Crippen LogP contribution in [0.2, 0.25) is 0 Å². The fraction of sp³-hybridized carbons (Fsp3) is 0.500. The third-order valence-corrected chi connectivity index (χ3v) is 2.70. The molecule has 0 bridgehead atoms. The Morgan fingerprint density at radius 1 is 1.42 bits per heavy atom. The van der Waals surface area contributed by atoms with Gasteiger partial charge in [0.2, 0.25) is 0 Å². The Morgan fingerprint density at radius 2 is 2.16 bits per heavy atom. The van der Waals surface area contributed by atoms with Gasteiger partial charge < -0.3 is 20.7 Å². The van der Waals surface area contributed by atoms with Crippen LogP contribution in [-0.4, -0.2) is 44.7 Å². The number of rotatable bonds is 7. The van der Waals surface area contributed by atoms with E-state index < -0.39 is 0 Å². The van der Waals surface area contributed by atoms with Gasteiger partial charge in [0.25, 0.3) is 0 Å². The number of para-hydroxylation sites is 1. The summed E-state index contributed by atoms with van der Waals surface area (Å²) < 4.78 is 4.97. The van der Waals surface area contributed by atoms with Gasteiger partial charge in [-0.3, -0.25) is 0 Å². The number of anilines is 2. The molecule has 106 valence electrons. The molecule has 0 aliphatic rings. The average Bonchev–Trinajstić information content (AvgIpc) is 2.36. The van der Waals surface area contributed by atoms with Gasteiger partial charge in [-0.1, -0.05) is 6.07 Å². The number of hydrogen-bond acceptors (Lipinski definition) is 5. The second-order valence-corrected chi connectivity index (χ2v) is 4.57. The van der Waals surface area contributed by atoms with Crippen LogP contribution in [0.25, 0.3) is 0 Å². The summed E-state index contributed by atoms with van der Waals surface area (Å²) >= 11 is 0. The van der Waals surface area contributed by atoms with Crippen LogP contribution in [0.1, 0.15) is 23.7 Å². The monoisotopic (exact) mass is 265 g/mol. The lowest BCUT2D eigenvalue weighted by atomic mass is 10.1. The minimum Gasteiger partial charge on any atom is -0.462 e. The van der Waals surface area contributed by atoms with Gasteiger partial charge in [-0.05, 0) is 46.1 Å². The van der Waals surface area contributed by atoms with Crippen molar-refractivity contribution in [2.75, 3.05) is 44.8 Å². The van der Waals surface area contributed by atoms with E-state index >= 15 is 0 Å². The van der Waals surface area contributed by atoms with Gasteiger partial charge in [0.05, 0.1) is 23.5 Å². The molecule has 0 radical (unpaired) electrons. The van der Waals surface area contributed by atoms with E-state index in [1.54, 1.807) is 19.1 Å². The van der Waals surface area contributed by atoms with Gasteiger partial charge in [0, 0.05) is 6.54 Å². The van der Waals surface area contributed by atoms with Gasteiger partial charge in [0.1, 0.15) is 0 Å². The predicted molar refractivity (Wildman–Crippen MR) is 78.5 cm³/mol. The van der Waals surface area contributed by atoms with Crippen molar-refractivity contribution in [1.29, 1.82) is 0 Å². The van der Waals surface area contributed by atoms with E-state index in [1.807, 2.05) is 20.2 Å². The smallest absolute Gasteiger partial charge is 0.340 e. The molecule has 0 saturated carbocycles. The van der Waals surface area contributed by atoms with Crippen molar-refractivity contribution < 1.29 is 9.53 Å². The van der Waals surface area contributed by atoms with Gasteiger partial charge >= 0.3 is 5.97 Å². The quantitative estimate of drug-likeness (QED) is 0.447. The number of hydrogen-bond donors (Lipinski definition) is 2. The first-order valence-electron chi connectivity index (χ1n) is 6.50. The maximum atomic E-state index is 11.7. The van der Waals surface area contributed by atoms with Crippen molar-refractivity contribution in [2.45, 2.75) is 13.3 Å². The Hall–Kier alpha value is -1.75. The largest absolute Gasteiger partial charge is 0.462 e. The number of ether oxygens (including phenoxy) is 1. The molecule has 1 aromatic carbocycles. The van der Waals surface area contributed by atoms with E-state index in [0.29, 0.717) is 17.9 Å². The molecule has 0 fully saturated rings. The number of nitrogens with two attached hydrogens (primary N) is 1. The van der Waals surface area contributed by atoms with E-state index in [1.165, 1.54) is 0 Å². The molecule has 5 heteroatoms. The number of esters is 1. The number of carbonyl (C=O) groups excluding carboxylic acids is 1. The summed E-state index contributed by atoms with van der Waals surface area (Å²) in [6, 6.07) is 5.35. The molecule has 1 aromatic rings. The lowest BCUT2D eigenvalue weighted by Gasteiger charge is -2.13. The van der Waals surface area contributed by atoms with Crippen LogP contribution >= 0.6 is 0 Å². The summed E-state index contributed by atoms with van der Waals surface area (Å²) in [5.74, 6) is -0.378. The second-order valence-electron chi connectivity index (χ2n) is 4.57. The zero-order valence-electron chi connectivity index (χ0n) is 11.9. The highest BCUT2D eigenvalue weighted by Crippen LogP contribution is 2.23. The molecule has 19 heavy (non-hydrogen) atoms. The van der Waals surface area contributed by atoms with E-state index in [0.717, 1.165) is 25.2 Å². The summed E-state index contributed by atoms with van der Waals surface area (Å²) in [5.41, 5.74) is 7.63. The molecule has 0 spiro atoms. The highest BCUT2D eigenvalue weighted by atomic mass is 16.5. The van der Waals surface area contributed by atoms with E-state index in [4.69, 9.17) is 10.5 Å². The number of benzene rings is 1. The molecule has 5 nitrogen and oxygen atoms in total. The Bertz CT molecular complexity index is 419. The number of nitrogens with one attached hydrogen (secondary N) is 1. The molecule has 3 N–H and O–H groups in total. The highest BCUT2D eigenvalue weighted by molar-refractivity contribution is 5.98. The topological polar surface area (TPSA) is 67.6 Å². The first-order chi connectivity index (χ1) is 9.06. The van der Waals surface area contributed by atoms with E-state index in [2.05, 4.69) is 10.2 Å². The zero-order chi connectivity index (χ0) is 14.3. The zero-order valence-corrected chi connectivity index (χ0v) is 11.9. The average molecular weight is 265 g/mol. The van der Waals surface area contributed by atoms with Crippen LogP contribution in [0.15, 0.2) is 18.2 Å². The molecular weight excluding hydrogens is 242 g/mol. The maximum Gasteiger partial charge on any atom is 0.340 e. The van der Waals surface area contributed by atoms with E-state index in [-0.39, 0.29) is 5.97 Å². The van der Waals surface area contributed by atoms with Gasteiger partial charge in [0.15, 0.2) is 0 Å². The number of carbonyl (C=O) groups is 1. The third kappa shape index (κ3) is 4.79. The fourth-order valence-corrected chi connectivity index (χ4v) is 1.72. The Balaban J connectivity index is 2.64. The van der Waals surface area contributed by atoms with Gasteiger partial charge in [-0.25, -0.2) is 4.79 Å². The first kappa shape index (κ1) is 15.3. The lowest BCUT2D eigenvalue weighted by Crippen LogP contribution is -2.17. The highest BCUT2D eigenvalue weighted by Gasteiger charge is 2.12. The summed E-state index contributed by atoms with van der Waals surface area (Å²) in [6.45, 7) is 3.94. The van der Waals surface area contributed by atoms with Crippen molar-refractivity contribution >= 4 is 17.3 Å². The van der Waals surface area contributed by atoms with Crippen LogP contribution in [0.3, 0.4) is 0 Å². The molecule has 0 unspecified atom stereocenters. The summed E-state index contributed by atoms with van der Waals surface area (Å²) in [5, 5.41) is 3.25. The number of nitrogen functional groups attached to an aromatic ring is 1. The van der Waals surface area contributed by atoms with Crippen molar-refractivity contribution in [3.8, 4) is 0 Å². The Kier molecular flexibility index (Phi) is 6.15. The van der Waals surface area contributed by atoms with Crippen LogP contribution in [-0.2, 0) is 4.74 Å². The molecule has 1 rings (SSSR count). The maximum absolute atomic E-state index is 11.7. The van der Waals surface area contributed by atoms with Crippen LogP contribution < -0.4 is 11.1 Å². The minimum absolute atomic E-state index is 0.346. The molecule has 0 atom stereocenters. The molecule has 0 heterocycles. The third-order valence-electron chi connectivity index (χ3n) is 2.70. The van der Waals surface area contributed by atoms with Crippen LogP contribution in [0, 0.1) is 0 Å². The van der Waals surface area contributed by atoms with Crippen molar-refractivity contribution in [3.05, 3.63) is 23.8 Å². The van der Waals surface area contributed by atoms with Gasteiger partial charge in [-0.15, -0.1) is 0 Å². The predicted octanol–water partition coefficient (Wildman–Crippen LogP) is 1.81. The second kappa shape index (κ2) is 7.63. The first-order valence-corrected chi connectivity index (χ1v) is 6.50. The summed E-state index contributed by atoms with van der Waals surface area (Å²) in [7, 11) is 4.07. The molecule has 0 aliphatic carbocycles. The molecule has 0 saturated heterocycles. The standard InChI is InChI=1S/C14H23N3O2/c1-4-19-14(18)11-7-5-8-12(13(11)15)16-9-6-10-17(2)3/h5,7-8,16H,4,6,9-10,15H2,1-3H3. The lowest BCUT2D eigenvalue weighted by molar-refractivity contribution is 0.0527. The Morgan fingerprint density at radius 3 is 2.79 bits per heavy atom. The van der Waals surface area contributed by atoms with E-state index in [9.17, 15) is 4.79 Å². The minimum atomic E-state index is -0.378. The van der Waals surface area contributed by atoms with Crippen molar-refractivity contribution in [2.24, 2.45) is 0 Å². The summed E-state index contributed by atoms with van der Waals surface area (Å²) in [4.78, 5) is 13.8. The normalized spacial score (nSPS) is 10.5. The molecule has 0 aliphatic heterocycles. The fourth-order valence-electron chi connectivity index (χ4n) is 1.72. The Labute approximate surface area is 114 Å².